The third-order valence-electron chi connectivity index (χ3n) is 4.70. The van der Waals surface area contributed by atoms with Gasteiger partial charge >= 0.3 is 0 Å². The van der Waals surface area contributed by atoms with E-state index in [4.69, 9.17) is 4.74 Å². The molecule has 96 valence electrons. The lowest BCUT2D eigenvalue weighted by Gasteiger charge is -2.25. The monoisotopic (exact) mass is 307 g/mol. The number of aryl methyl sites for hydroxylation is 1. The van der Waals surface area contributed by atoms with Gasteiger partial charge in [-0.2, -0.15) is 0 Å². The summed E-state index contributed by atoms with van der Waals surface area (Å²) in [6.07, 6.45) is 7.20. The van der Waals surface area contributed by atoms with Gasteiger partial charge in [0.05, 0.1) is 12.2 Å². The van der Waals surface area contributed by atoms with E-state index in [1.165, 1.54) is 47.7 Å². The highest BCUT2D eigenvalue weighted by Crippen LogP contribution is 2.38. The van der Waals surface area contributed by atoms with Gasteiger partial charge < -0.3 is 10.1 Å². The highest BCUT2D eigenvalue weighted by molar-refractivity contribution is 9.10. The van der Waals surface area contributed by atoms with Crippen molar-refractivity contribution in [2.45, 2.75) is 56.4 Å². The summed E-state index contributed by atoms with van der Waals surface area (Å²) in [6, 6.07) is 7.84. The summed E-state index contributed by atoms with van der Waals surface area (Å²) in [5.41, 5.74) is 3.01. The summed E-state index contributed by atoms with van der Waals surface area (Å²) < 4.78 is 7.13. The van der Waals surface area contributed by atoms with Crippen LogP contribution in [0.4, 0.5) is 0 Å². The van der Waals surface area contributed by atoms with Crippen molar-refractivity contribution < 1.29 is 4.74 Å². The Morgan fingerprint density at radius 1 is 1.22 bits per heavy atom. The Labute approximate surface area is 116 Å². The largest absolute Gasteiger partial charge is 0.373 e. The average molecular weight is 308 g/mol. The number of fused-ring (bicyclic) bond motifs is 3. The van der Waals surface area contributed by atoms with E-state index in [1.807, 2.05) is 0 Å². The molecule has 0 saturated carbocycles. The van der Waals surface area contributed by atoms with Crippen LogP contribution in [0.5, 0.6) is 0 Å². The van der Waals surface area contributed by atoms with Crippen LogP contribution >= 0.6 is 15.9 Å². The fourth-order valence-electron chi connectivity index (χ4n) is 3.83. The second-order valence-electron chi connectivity index (χ2n) is 5.82. The van der Waals surface area contributed by atoms with Crippen molar-refractivity contribution in [1.29, 1.82) is 0 Å². The van der Waals surface area contributed by atoms with E-state index in [1.54, 1.807) is 0 Å². The standard InChI is InChI=1S/C15H18BrNO/c16-10-2-4-12-9(7-10)1-5-13(12)17-14-8-11-3-6-15(14)18-11/h2,4,7,11,13-15,17H,1,3,5-6,8H2. The topological polar surface area (TPSA) is 21.3 Å². The van der Waals surface area contributed by atoms with Gasteiger partial charge in [0.2, 0.25) is 0 Å². The molecule has 2 saturated heterocycles. The molecule has 0 aromatic heterocycles. The van der Waals surface area contributed by atoms with E-state index in [2.05, 4.69) is 39.4 Å². The van der Waals surface area contributed by atoms with Crippen molar-refractivity contribution in [2.24, 2.45) is 0 Å². The molecule has 18 heavy (non-hydrogen) atoms. The highest BCUT2D eigenvalue weighted by atomic mass is 79.9. The molecule has 4 unspecified atom stereocenters. The molecule has 2 fully saturated rings. The minimum Gasteiger partial charge on any atom is -0.373 e. The minimum atomic E-state index is 0.481. The summed E-state index contributed by atoms with van der Waals surface area (Å²) in [6.45, 7) is 0. The van der Waals surface area contributed by atoms with E-state index >= 15 is 0 Å². The van der Waals surface area contributed by atoms with Crippen molar-refractivity contribution in [1.82, 2.24) is 5.32 Å². The van der Waals surface area contributed by atoms with Crippen molar-refractivity contribution in [3.8, 4) is 0 Å². The zero-order valence-electron chi connectivity index (χ0n) is 10.4. The fraction of sp³-hybridized carbons (Fsp3) is 0.600. The van der Waals surface area contributed by atoms with Crippen LogP contribution in [-0.2, 0) is 11.2 Å². The summed E-state index contributed by atoms with van der Waals surface area (Å²) in [5, 5.41) is 3.84. The number of rotatable bonds is 2. The molecule has 1 N–H and O–H groups in total. The third-order valence-corrected chi connectivity index (χ3v) is 5.20. The second-order valence-corrected chi connectivity index (χ2v) is 6.73. The van der Waals surface area contributed by atoms with Gasteiger partial charge in [-0.25, -0.2) is 0 Å². The maximum absolute atomic E-state index is 5.93. The number of hydrogen-bond acceptors (Lipinski definition) is 2. The summed E-state index contributed by atoms with van der Waals surface area (Å²) >= 11 is 3.56. The smallest absolute Gasteiger partial charge is 0.0733 e. The Balaban J connectivity index is 1.51. The predicted octanol–water partition coefficient (Wildman–Crippen LogP) is 3.35. The van der Waals surface area contributed by atoms with Crippen LogP contribution in [0, 0.1) is 0 Å². The molecule has 4 rings (SSSR count). The number of nitrogens with one attached hydrogen (secondary N) is 1. The molecule has 1 aromatic rings. The first-order valence-corrected chi connectivity index (χ1v) is 7.79. The van der Waals surface area contributed by atoms with E-state index in [9.17, 15) is 0 Å². The number of benzene rings is 1. The first-order valence-electron chi connectivity index (χ1n) is 6.99. The van der Waals surface area contributed by atoms with Gasteiger partial charge in [-0.1, -0.05) is 22.0 Å². The molecule has 2 bridgehead atoms. The van der Waals surface area contributed by atoms with Gasteiger partial charge in [0.15, 0.2) is 0 Å². The minimum absolute atomic E-state index is 0.481. The zero-order valence-corrected chi connectivity index (χ0v) is 11.9. The van der Waals surface area contributed by atoms with Crippen molar-refractivity contribution >= 4 is 15.9 Å². The van der Waals surface area contributed by atoms with E-state index in [0.29, 0.717) is 24.3 Å². The van der Waals surface area contributed by atoms with Crippen LogP contribution in [0.1, 0.15) is 42.9 Å². The molecule has 0 spiro atoms. The second kappa shape index (κ2) is 4.32. The molecule has 3 aliphatic rings. The predicted molar refractivity (Wildman–Crippen MR) is 74.6 cm³/mol. The molecule has 2 nitrogen and oxygen atoms in total. The zero-order chi connectivity index (χ0) is 12.1. The Kier molecular flexibility index (Phi) is 2.75. The van der Waals surface area contributed by atoms with Crippen molar-refractivity contribution in [3.05, 3.63) is 33.8 Å². The normalized spacial score (nSPS) is 37.2. The fourth-order valence-corrected chi connectivity index (χ4v) is 4.24. The SMILES string of the molecule is Brc1ccc2c(c1)CCC2NC1CC2CCC1O2. The van der Waals surface area contributed by atoms with Gasteiger partial charge in [-0.05, 0) is 55.4 Å². The highest BCUT2D eigenvalue weighted by Gasteiger charge is 2.42. The first kappa shape index (κ1) is 11.4. The molecular formula is C15H18BrNO. The Hall–Kier alpha value is -0.380. The number of halogens is 1. The summed E-state index contributed by atoms with van der Waals surface area (Å²) in [7, 11) is 0. The summed E-state index contributed by atoms with van der Waals surface area (Å²) in [5.74, 6) is 0. The summed E-state index contributed by atoms with van der Waals surface area (Å²) in [4.78, 5) is 0. The average Bonchev–Trinajstić information content (AvgIpc) is 3.04. The molecule has 4 atom stereocenters. The Morgan fingerprint density at radius 2 is 2.17 bits per heavy atom. The van der Waals surface area contributed by atoms with Gasteiger partial charge in [0, 0.05) is 16.6 Å². The van der Waals surface area contributed by atoms with Crippen LogP contribution in [0.3, 0.4) is 0 Å². The van der Waals surface area contributed by atoms with E-state index in [-0.39, 0.29) is 0 Å². The van der Waals surface area contributed by atoms with Gasteiger partial charge in [-0.15, -0.1) is 0 Å². The van der Waals surface area contributed by atoms with Crippen molar-refractivity contribution in [2.75, 3.05) is 0 Å². The first-order chi connectivity index (χ1) is 8.79. The van der Waals surface area contributed by atoms with Gasteiger partial charge in [0.25, 0.3) is 0 Å². The maximum atomic E-state index is 5.93. The molecule has 1 aliphatic carbocycles. The van der Waals surface area contributed by atoms with Crippen molar-refractivity contribution in [3.63, 3.8) is 0 Å². The molecule has 2 aliphatic heterocycles. The van der Waals surface area contributed by atoms with Gasteiger partial charge in [-0.3, -0.25) is 0 Å². The molecular weight excluding hydrogens is 290 g/mol. The van der Waals surface area contributed by atoms with E-state index < -0.39 is 0 Å². The molecule has 0 radical (unpaired) electrons. The third kappa shape index (κ3) is 1.84. The van der Waals surface area contributed by atoms with E-state index in [0.717, 1.165) is 0 Å². The number of ether oxygens (including phenoxy) is 1. The maximum Gasteiger partial charge on any atom is 0.0733 e. The lowest BCUT2D eigenvalue weighted by atomic mass is 9.94. The quantitative estimate of drug-likeness (QED) is 0.905. The van der Waals surface area contributed by atoms with Crippen LogP contribution < -0.4 is 5.32 Å². The molecule has 2 heterocycles. The Bertz CT molecular complexity index is 476. The molecule has 1 aromatic carbocycles. The van der Waals surface area contributed by atoms with Crippen LogP contribution in [-0.4, -0.2) is 18.2 Å². The molecule has 3 heteroatoms. The number of hydrogen-bond donors (Lipinski definition) is 1. The van der Waals surface area contributed by atoms with Gasteiger partial charge in [0.1, 0.15) is 0 Å². The lowest BCUT2D eigenvalue weighted by molar-refractivity contribution is 0.0960. The molecule has 0 amide bonds. The van der Waals surface area contributed by atoms with Crippen LogP contribution in [0.2, 0.25) is 0 Å². The lowest BCUT2D eigenvalue weighted by Crippen LogP contribution is -2.39. The van der Waals surface area contributed by atoms with Crippen LogP contribution in [0.25, 0.3) is 0 Å². The Morgan fingerprint density at radius 3 is 2.94 bits per heavy atom. The van der Waals surface area contributed by atoms with Crippen LogP contribution in [0.15, 0.2) is 22.7 Å².